The molecule has 0 saturated carbocycles. The standard InChI is InChI=1S/C11H17FN2/c1-11(12,10-6-4-8-14-10)9-5-2-3-7-13-9/h4,6,8-9,13-14H,2-3,5,7H2,1H3. The van der Waals surface area contributed by atoms with Crippen molar-refractivity contribution in [3.63, 3.8) is 0 Å². The van der Waals surface area contributed by atoms with E-state index in [1.54, 1.807) is 13.1 Å². The average Bonchev–Trinajstić information content (AvgIpc) is 2.72. The Bertz CT molecular complexity index is 273. The third-order valence-corrected chi connectivity index (χ3v) is 3.09. The minimum Gasteiger partial charge on any atom is -0.362 e. The maximum Gasteiger partial charge on any atom is 0.162 e. The summed E-state index contributed by atoms with van der Waals surface area (Å²) in [7, 11) is 0. The van der Waals surface area contributed by atoms with E-state index < -0.39 is 5.67 Å². The van der Waals surface area contributed by atoms with E-state index in [0.717, 1.165) is 25.8 Å². The predicted octanol–water partition coefficient (Wildman–Crippen LogP) is 2.34. The van der Waals surface area contributed by atoms with Gasteiger partial charge in [-0.3, -0.25) is 0 Å². The number of piperidine rings is 1. The van der Waals surface area contributed by atoms with Gasteiger partial charge in [0, 0.05) is 12.2 Å². The third kappa shape index (κ3) is 1.69. The van der Waals surface area contributed by atoms with E-state index in [-0.39, 0.29) is 6.04 Å². The highest BCUT2D eigenvalue weighted by Gasteiger charge is 2.37. The Kier molecular flexibility index (Phi) is 2.59. The normalized spacial score (nSPS) is 27.1. The highest BCUT2D eigenvalue weighted by atomic mass is 19.1. The smallest absolute Gasteiger partial charge is 0.162 e. The van der Waals surface area contributed by atoms with Crippen molar-refractivity contribution in [3.05, 3.63) is 24.0 Å². The molecule has 2 nitrogen and oxygen atoms in total. The molecule has 1 fully saturated rings. The molecule has 0 bridgehead atoms. The van der Waals surface area contributed by atoms with Crippen molar-refractivity contribution in [2.75, 3.05) is 6.54 Å². The summed E-state index contributed by atoms with van der Waals surface area (Å²) in [5.41, 5.74) is -0.596. The van der Waals surface area contributed by atoms with Crippen LogP contribution in [0.15, 0.2) is 18.3 Å². The van der Waals surface area contributed by atoms with Crippen molar-refractivity contribution in [2.24, 2.45) is 0 Å². The first-order chi connectivity index (χ1) is 6.71. The van der Waals surface area contributed by atoms with Gasteiger partial charge in [-0.25, -0.2) is 4.39 Å². The molecule has 1 aromatic rings. The number of hydrogen-bond acceptors (Lipinski definition) is 1. The van der Waals surface area contributed by atoms with Gasteiger partial charge < -0.3 is 10.3 Å². The molecule has 1 aliphatic heterocycles. The second-order valence-corrected chi connectivity index (χ2v) is 4.16. The van der Waals surface area contributed by atoms with Crippen LogP contribution in [-0.2, 0) is 5.67 Å². The van der Waals surface area contributed by atoms with Crippen molar-refractivity contribution in [3.8, 4) is 0 Å². The molecule has 2 unspecified atom stereocenters. The quantitative estimate of drug-likeness (QED) is 0.746. The van der Waals surface area contributed by atoms with Gasteiger partial charge in [-0.1, -0.05) is 6.42 Å². The number of halogens is 1. The average molecular weight is 196 g/mol. The summed E-state index contributed by atoms with van der Waals surface area (Å²) in [6, 6.07) is 3.61. The van der Waals surface area contributed by atoms with Gasteiger partial charge in [0.05, 0.1) is 5.69 Å². The minimum absolute atomic E-state index is 0.0464. The molecular weight excluding hydrogens is 179 g/mol. The first-order valence-corrected chi connectivity index (χ1v) is 5.27. The molecule has 0 aromatic carbocycles. The fourth-order valence-corrected chi connectivity index (χ4v) is 2.14. The van der Waals surface area contributed by atoms with Gasteiger partial charge in [-0.2, -0.15) is 0 Å². The van der Waals surface area contributed by atoms with Crippen LogP contribution in [0.3, 0.4) is 0 Å². The van der Waals surface area contributed by atoms with Crippen LogP contribution in [0, 0.1) is 0 Å². The minimum atomic E-state index is -1.27. The van der Waals surface area contributed by atoms with E-state index in [1.807, 2.05) is 12.1 Å². The number of alkyl halides is 1. The van der Waals surface area contributed by atoms with Crippen LogP contribution in [0.4, 0.5) is 4.39 Å². The summed E-state index contributed by atoms with van der Waals surface area (Å²) >= 11 is 0. The molecule has 1 aliphatic rings. The molecule has 1 aromatic heterocycles. The van der Waals surface area contributed by atoms with Crippen LogP contribution in [0.25, 0.3) is 0 Å². The number of hydrogen-bond donors (Lipinski definition) is 2. The van der Waals surface area contributed by atoms with E-state index >= 15 is 0 Å². The summed E-state index contributed by atoms with van der Waals surface area (Å²) in [4.78, 5) is 2.96. The van der Waals surface area contributed by atoms with E-state index in [0.29, 0.717) is 5.69 Å². The molecule has 78 valence electrons. The van der Waals surface area contributed by atoms with Crippen LogP contribution in [0.1, 0.15) is 31.9 Å². The Labute approximate surface area is 83.9 Å². The van der Waals surface area contributed by atoms with E-state index in [2.05, 4.69) is 10.3 Å². The molecule has 14 heavy (non-hydrogen) atoms. The lowest BCUT2D eigenvalue weighted by molar-refractivity contribution is 0.103. The molecule has 2 heterocycles. The third-order valence-electron chi connectivity index (χ3n) is 3.09. The van der Waals surface area contributed by atoms with Crippen LogP contribution in [0.2, 0.25) is 0 Å². The second kappa shape index (κ2) is 3.73. The lowest BCUT2D eigenvalue weighted by Crippen LogP contribution is -2.46. The van der Waals surface area contributed by atoms with Crippen LogP contribution < -0.4 is 5.32 Å². The van der Waals surface area contributed by atoms with Gasteiger partial charge >= 0.3 is 0 Å². The molecule has 2 rings (SSSR count). The number of nitrogens with one attached hydrogen (secondary N) is 2. The fourth-order valence-electron chi connectivity index (χ4n) is 2.14. The molecular formula is C11H17FN2. The lowest BCUT2D eigenvalue weighted by atomic mass is 9.88. The molecule has 0 radical (unpaired) electrons. The molecule has 2 atom stereocenters. The predicted molar refractivity (Wildman–Crippen MR) is 54.9 cm³/mol. The Balaban J connectivity index is 2.14. The number of aromatic nitrogens is 1. The van der Waals surface area contributed by atoms with Gasteiger partial charge in [0.1, 0.15) is 0 Å². The van der Waals surface area contributed by atoms with Gasteiger partial charge in [0.15, 0.2) is 5.67 Å². The SMILES string of the molecule is CC(F)(c1ccc[nH]1)C1CCCCN1. The lowest BCUT2D eigenvalue weighted by Gasteiger charge is -2.33. The first kappa shape index (κ1) is 9.71. The number of aromatic amines is 1. The van der Waals surface area contributed by atoms with Crippen LogP contribution >= 0.6 is 0 Å². The molecule has 3 heteroatoms. The Morgan fingerprint density at radius 1 is 1.50 bits per heavy atom. The van der Waals surface area contributed by atoms with E-state index in [4.69, 9.17) is 0 Å². The highest BCUT2D eigenvalue weighted by Crippen LogP contribution is 2.31. The van der Waals surface area contributed by atoms with Gasteiger partial charge in [-0.15, -0.1) is 0 Å². The van der Waals surface area contributed by atoms with Crippen molar-refractivity contribution in [1.82, 2.24) is 10.3 Å². The summed E-state index contributed by atoms with van der Waals surface area (Å²) < 4.78 is 14.4. The van der Waals surface area contributed by atoms with E-state index in [1.165, 1.54) is 0 Å². The van der Waals surface area contributed by atoms with Crippen molar-refractivity contribution < 1.29 is 4.39 Å². The van der Waals surface area contributed by atoms with Crippen LogP contribution in [-0.4, -0.2) is 17.6 Å². The summed E-state index contributed by atoms with van der Waals surface area (Å²) in [6.45, 7) is 2.59. The highest BCUT2D eigenvalue weighted by molar-refractivity contribution is 5.16. The Morgan fingerprint density at radius 2 is 2.36 bits per heavy atom. The Hall–Kier alpha value is -0.830. The monoisotopic (exact) mass is 196 g/mol. The number of rotatable bonds is 2. The second-order valence-electron chi connectivity index (χ2n) is 4.16. The van der Waals surface area contributed by atoms with Crippen molar-refractivity contribution in [1.29, 1.82) is 0 Å². The van der Waals surface area contributed by atoms with E-state index in [9.17, 15) is 4.39 Å². The largest absolute Gasteiger partial charge is 0.362 e. The maximum absolute atomic E-state index is 14.4. The summed E-state index contributed by atoms with van der Waals surface area (Å²) in [5.74, 6) is 0. The van der Waals surface area contributed by atoms with Gasteiger partial charge in [0.25, 0.3) is 0 Å². The molecule has 1 saturated heterocycles. The Morgan fingerprint density at radius 3 is 2.93 bits per heavy atom. The summed E-state index contributed by atoms with van der Waals surface area (Å²) in [5, 5.41) is 3.25. The zero-order chi connectivity index (χ0) is 10.0. The van der Waals surface area contributed by atoms with Crippen LogP contribution in [0.5, 0.6) is 0 Å². The fraction of sp³-hybridized carbons (Fsp3) is 0.636. The van der Waals surface area contributed by atoms with Crippen molar-refractivity contribution in [2.45, 2.75) is 37.9 Å². The number of H-pyrrole nitrogens is 1. The first-order valence-electron chi connectivity index (χ1n) is 5.27. The maximum atomic E-state index is 14.4. The molecule has 0 amide bonds. The molecule has 0 aliphatic carbocycles. The van der Waals surface area contributed by atoms with Gasteiger partial charge in [0.2, 0.25) is 0 Å². The zero-order valence-electron chi connectivity index (χ0n) is 8.52. The van der Waals surface area contributed by atoms with Gasteiger partial charge in [-0.05, 0) is 38.4 Å². The molecule has 0 spiro atoms. The zero-order valence-corrected chi connectivity index (χ0v) is 8.52. The topological polar surface area (TPSA) is 27.8 Å². The summed E-state index contributed by atoms with van der Waals surface area (Å²) in [6.07, 6.45) is 4.98. The van der Waals surface area contributed by atoms with Crippen molar-refractivity contribution >= 4 is 0 Å². The molecule has 2 N–H and O–H groups in total.